The summed E-state index contributed by atoms with van der Waals surface area (Å²) >= 11 is 18.9. The van der Waals surface area contributed by atoms with Gasteiger partial charge in [-0.15, -0.1) is 11.3 Å². The van der Waals surface area contributed by atoms with Gasteiger partial charge in [-0.25, -0.2) is 0 Å². The van der Waals surface area contributed by atoms with Crippen LogP contribution in [-0.4, -0.2) is 11.0 Å². The summed E-state index contributed by atoms with van der Waals surface area (Å²) in [5, 5.41) is 16.8. The van der Waals surface area contributed by atoms with Gasteiger partial charge in [-0.2, -0.15) is 5.26 Å². The largest absolute Gasteiger partial charge is 0.451 e. The van der Waals surface area contributed by atoms with Crippen LogP contribution in [0.25, 0.3) is 11.3 Å². The van der Waals surface area contributed by atoms with Crippen LogP contribution >= 0.6 is 46.8 Å². The molecular formula is C21H15Cl2N3O2S2. The molecule has 30 heavy (non-hydrogen) atoms. The molecule has 0 spiro atoms. The van der Waals surface area contributed by atoms with Gasteiger partial charge in [-0.3, -0.25) is 10.1 Å². The van der Waals surface area contributed by atoms with Gasteiger partial charge in [0.2, 0.25) is 0 Å². The molecule has 1 aliphatic rings. The van der Waals surface area contributed by atoms with E-state index in [4.69, 9.17) is 39.8 Å². The molecule has 0 atom stereocenters. The van der Waals surface area contributed by atoms with Crippen LogP contribution < -0.4 is 10.6 Å². The zero-order valence-corrected chi connectivity index (χ0v) is 18.7. The fraction of sp³-hybridized carbons (Fsp3) is 0.190. The molecule has 0 bridgehead atoms. The topological polar surface area (TPSA) is 78.1 Å². The molecule has 0 fully saturated rings. The van der Waals surface area contributed by atoms with Gasteiger partial charge in [0.1, 0.15) is 16.8 Å². The Labute approximate surface area is 192 Å². The minimum Gasteiger partial charge on any atom is -0.451 e. The van der Waals surface area contributed by atoms with Crippen LogP contribution in [0.2, 0.25) is 10.0 Å². The number of carbonyl (C=O) groups excluding carboxylic acids is 1. The molecule has 3 aromatic rings. The Kier molecular flexibility index (Phi) is 6.11. The van der Waals surface area contributed by atoms with E-state index in [1.54, 1.807) is 30.3 Å². The molecule has 5 nitrogen and oxygen atoms in total. The number of thiophene rings is 1. The maximum atomic E-state index is 12.5. The quantitative estimate of drug-likeness (QED) is 0.441. The summed E-state index contributed by atoms with van der Waals surface area (Å²) in [4.78, 5) is 13.7. The van der Waals surface area contributed by atoms with Crippen molar-refractivity contribution in [3.05, 3.63) is 62.1 Å². The average Bonchev–Trinajstić information content (AvgIpc) is 3.32. The van der Waals surface area contributed by atoms with E-state index in [-0.39, 0.29) is 10.9 Å². The van der Waals surface area contributed by atoms with Crippen molar-refractivity contribution in [1.82, 2.24) is 5.32 Å². The Morgan fingerprint density at radius 3 is 2.77 bits per heavy atom. The molecule has 0 saturated heterocycles. The van der Waals surface area contributed by atoms with Gasteiger partial charge in [0.25, 0.3) is 5.91 Å². The van der Waals surface area contributed by atoms with Crippen molar-refractivity contribution < 1.29 is 9.21 Å². The number of amides is 1. The summed E-state index contributed by atoms with van der Waals surface area (Å²) in [5.41, 5.74) is 2.34. The molecular weight excluding hydrogens is 461 g/mol. The minimum absolute atomic E-state index is 0.0890. The van der Waals surface area contributed by atoms with Gasteiger partial charge in [-0.1, -0.05) is 23.2 Å². The summed E-state index contributed by atoms with van der Waals surface area (Å²) in [7, 11) is 0. The van der Waals surface area contributed by atoms with Crippen molar-refractivity contribution in [3.63, 3.8) is 0 Å². The second-order valence-electron chi connectivity index (χ2n) is 6.72. The number of hydrogen-bond donors (Lipinski definition) is 2. The summed E-state index contributed by atoms with van der Waals surface area (Å²) in [6, 6.07) is 10.5. The summed E-state index contributed by atoms with van der Waals surface area (Å²) in [5.74, 6) is 0.0354. The molecule has 1 aliphatic carbocycles. The zero-order valence-electron chi connectivity index (χ0n) is 15.6. The van der Waals surface area contributed by atoms with E-state index in [2.05, 4.69) is 16.7 Å². The first-order valence-electron chi connectivity index (χ1n) is 9.18. The maximum absolute atomic E-state index is 12.5. The fourth-order valence-electron chi connectivity index (χ4n) is 3.37. The van der Waals surface area contributed by atoms with Crippen LogP contribution in [-0.2, 0) is 12.8 Å². The van der Waals surface area contributed by atoms with E-state index in [1.165, 1.54) is 16.2 Å². The number of anilines is 1. The van der Waals surface area contributed by atoms with Gasteiger partial charge in [0.05, 0.1) is 10.6 Å². The second kappa shape index (κ2) is 8.78. The predicted octanol–water partition coefficient (Wildman–Crippen LogP) is 6.19. The zero-order chi connectivity index (χ0) is 21.3. The first kappa shape index (κ1) is 20.9. The van der Waals surface area contributed by atoms with Crippen LogP contribution in [0.3, 0.4) is 0 Å². The highest BCUT2D eigenvalue weighted by atomic mass is 35.5. The number of nitrogens with one attached hydrogen (secondary N) is 2. The minimum atomic E-state index is -0.497. The number of carbonyl (C=O) groups is 1. The number of furan rings is 1. The van der Waals surface area contributed by atoms with E-state index in [1.807, 2.05) is 0 Å². The highest BCUT2D eigenvalue weighted by Gasteiger charge is 2.22. The third-order valence-corrected chi connectivity index (χ3v) is 6.72. The first-order chi connectivity index (χ1) is 14.5. The number of fused-ring (bicyclic) bond motifs is 1. The lowest BCUT2D eigenvalue weighted by atomic mass is 9.96. The molecule has 0 aliphatic heterocycles. The van der Waals surface area contributed by atoms with E-state index in [0.717, 1.165) is 31.2 Å². The van der Waals surface area contributed by atoms with Gasteiger partial charge in [0, 0.05) is 15.5 Å². The lowest BCUT2D eigenvalue weighted by Gasteiger charge is -2.09. The van der Waals surface area contributed by atoms with Crippen LogP contribution in [0.4, 0.5) is 5.00 Å². The molecule has 4 rings (SSSR count). The number of hydrogen-bond acceptors (Lipinski definition) is 5. The van der Waals surface area contributed by atoms with E-state index < -0.39 is 5.91 Å². The molecule has 2 N–H and O–H groups in total. The summed E-state index contributed by atoms with van der Waals surface area (Å²) in [6.45, 7) is 0. The average molecular weight is 476 g/mol. The number of benzene rings is 1. The van der Waals surface area contributed by atoms with E-state index >= 15 is 0 Å². The van der Waals surface area contributed by atoms with Crippen LogP contribution in [0.15, 0.2) is 34.7 Å². The highest BCUT2D eigenvalue weighted by molar-refractivity contribution is 7.80. The Hall–Kier alpha value is -2.37. The number of rotatable bonds is 3. The molecule has 152 valence electrons. The van der Waals surface area contributed by atoms with Crippen LogP contribution in [0.5, 0.6) is 0 Å². The van der Waals surface area contributed by atoms with Crippen molar-refractivity contribution in [3.8, 4) is 17.4 Å². The van der Waals surface area contributed by atoms with Crippen molar-refractivity contribution in [2.24, 2.45) is 0 Å². The van der Waals surface area contributed by atoms with Crippen molar-refractivity contribution >= 4 is 62.8 Å². The molecule has 0 saturated carbocycles. The van der Waals surface area contributed by atoms with Crippen molar-refractivity contribution in [1.29, 1.82) is 5.26 Å². The highest BCUT2D eigenvalue weighted by Crippen LogP contribution is 2.37. The monoisotopic (exact) mass is 475 g/mol. The maximum Gasteiger partial charge on any atom is 0.293 e. The lowest BCUT2D eigenvalue weighted by Crippen LogP contribution is -2.33. The number of halogens is 2. The Balaban J connectivity index is 1.46. The number of thiocarbonyl (C=S) groups is 1. The van der Waals surface area contributed by atoms with E-state index in [0.29, 0.717) is 31.9 Å². The second-order valence-corrected chi connectivity index (χ2v) is 9.08. The SMILES string of the molecule is N#Cc1c(NC(=S)NC(=O)c2ccc(-c3ccc(Cl)cc3Cl)o2)sc2c1CCCC2. The van der Waals surface area contributed by atoms with Gasteiger partial charge >= 0.3 is 0 Å². The summed E-state index contributed by atoms with van der Waals surface area (Å²) in [6.07, 6.45) is 4.07. The van der Waals surface area contributed by atoms with Crippen molar-refractivity contribution in [2.45, 2.75) is 25.7 Å². The smallest absolute Gasteiger partial charge is 0.293 e. The molecule has 0 unspecified atom stereocenters. The third-order valence-electron chi connectivity index (χ3n) is 4.76. The van der Waals surface area contributed by atoms with Gasteiger partial charge in [0.15, 0.2) is 10.9 Å². The van der Waals surface area contributed by atoms with Gasteiger partial charge in [-0.05, 0) is 73.8 Å². The Bertz CT molecular complexity index is 1190. The molecule has 2 aromatic heterocycles. The molecule has 1 aromatic carbocycles. The van der Waals surface area contributed by atoms with Gasteiger partial charge < -0.3 is 9.73 Å². The molecule has 0 radical (unpaired) electrons. The molecule has 2 heterocycles. The van der Waals surface area contributed by atoms with Crippen molar-refractivity contribution in [2.75, 3.05) is 5.32 Å². The summed E-state index contributed by atoms with van der Waals surface area (Å²) < 4.78 is 5.64. The standard InChI is InChI=1S/C21H15Cl2N3O2S2/c22-11-5-6-13(15(23)9-11)16-7-8-17(28-16)19(27)25-21(29)26-20-14(10-24)12-3-1-2-4-18(12)30-20/h5-9H,1-4H2,(H2,25,26,27,29). The molecule has 9 heteroatoms. The first-order valence-corrected chi connectivity index (χ1v) is 11.2. The van der Waals surface area contributed by atoms with E-state index in [9.17, 15) is 10.1 Å². The predicted molar refractivity (Wildman–Crippen MR) is 124 cm³/mol. The Morgan fingerprint density at radius 1 is 1.20 bits per heavy atom. The number of nitriles is 1. The normalized spacial score (nSPS) is 12.7. The molecule has 1 amide bonds. The number of aryl methyl sites for hydroxylation is 1. The van der Waals surface area contributed by atoms with Crippen LogP contribution in [0, 0.1) is 11.3 Å². The van der Waals surface area contributed by atoms with Crippen LogP contribution in [0.1, 0.15) is 39.4 Å². The third kappa shape index (κ3) is 4.23. The Morgan fingerprint density at radius 2 is 2.00 bits per heavy atom. The fourth-order valence-corrected chi connectivity index (χ4v) is 5.37. The lowest BCUT2D eigenvalue weighted by molar-refractivity contribution is 0.0951. The number of nitrogens with zero attached hydrogens (tertiary/aromatic N) is 1.